The van der Waals surface area contributed by atoms with Crippen LogP contribution in [0, 0.1) is 12.7 Å². The Labute approximate surface area is 171 Å². The topological polar surface area (TPSA) is 80.1 Å². The fraction of sp³-hybridized carbons (Fsp3) is 0.200. The van der Waals surface area contributed by atoms with E-state index in [1.807, 2.05) is 6.92 Å². The van der Waals surface area contributed by atoms with Gasteiger partial charge in [0, 0.05) is 29.3 Å². The van der Waals surface area contributed by atoms with E-state index >= 15 is 0 Å². The number of anilines is 2. The Balaban J connectivity index is 1.68. The Hall–Kier alpha value is -3.26. The van der Waals surface area contributed by atoms with E-state index in [-0.39, 0.29) is 23.2 Å². The van der Waals surface area contributed by atoms with Crippen LogP contribution < -0.4 is 10.2 Å². The number of hydrogen-bond acceptors (Lipinski definition) is 4. The van der Waals surface area contributed by atoms with Crippen LogP contribution in [0.2, 0.25) is 5.02 Å². The van der Waals surface area contributed by atoms with Gasteiger partial charge in [0.05, 0.1) is 16.4 Å². The van der Waals surface area contributed by atoms with Crippen molar-refractivity contribution in [3.05, 3.63) is 59.3 Å². The monoisotopic (exact) mass is 413 g/mol. The van der Waals surface area contributed by atoms with Crippen LogP contribution >= 0.6 is 11.6 Å². The number of fused-ring (bicyclic) bond motifs is 3. The molecule has 2 aromatic heterocycles. The van der Waals surface area contributed by atoms with Gasteiger partial charge in [0.2, 0.25) is 5.91 Å². The number of pyridine rings is 1. The summed E-state index contributed by atoms with van der Waals surface area (Å²) >= 11 is 5.68. The van der Waals surface area contributed by atoms with E-state index in [4.69, 9.17) is 11.6 Å². The molecule has 0 aliphatic carbocycles. The summed E-state index contributed by atoms with van der Waals surface area (Å²) < 4.78 is 15.3. The van der Waals surface area contributed by atoms with E-state index in [1.165, 1.54) is 17.0 Å². The first-order chi connectivity index (χ1) is 13.8. The molecule has 4 rings (SSSR count). The Morgan fingerprint density at radius 1 is 1.31 bits per heavy atom. The standard InChI is InChI=1S/C20H17ClFN5O2/c1-11-7-18-14(9-23-11)17-5-6-24-27(17)12(2)20(29)26(18)10-19(28)25-13-3-4-15(21)16(22)8-13/h3-9,12H,10H2,1-2H3,(H,25,28)/t12-/m1/s1. The molecule has 148 valence electrons. The molecule has 29 heavy (non-hydrogen) atoms. The molecular weight excluding hydrogens is 397 g/mol. The van der Waals surface area contributed by atoms with Crippen LogP contribution in [-0.2, 0) is 9.59 Å². The quantitative estimate of drug-likeness (QED) is 0.711. The van der Waals surface area contributed by atoms with Crippen LogP contribution in [-0.4, -0.2) is 33.1 Å². The fourth-order valence-corrected chi connectivity index (χ4v) is 3.45. The maximum atomic E-state index is 13.6. The predicted molar refractivity (Wildman–Crippen MR) is 107 cm³/mol. The summed E-state index contributed by atoms with van der Waals surface area (Å²) in [5.41, 5.74) is 2.99. The van der Waals surface area contributed by atoms with Gasteiger partial charge < -0.3 is 10.2 Å². The maximum absolute atomic E-state index is 13.6. The molecule has 0 bridgehead atoms. The van der Waals surface area contributed by atoms with Gasteiger partial charge in [0.15, 0.2) is 0 Å². The van der Waals surface area contributed by atoms with Gasteiger partial charge in [-0.2, -0.15) is 5.10 Å². The van der Waals surface area contributed by atoms with Gasteiger partial charge in [-0.1, -0.05) is 11.6 Å². The first-order valence-electron chi connectivity index (χ1n) is 8.92. The highest BCUT2D eigenvalue weighted by atomic mass is 35.5. The van der Waals surface area contributed by atoms with Crippen molar-refractivity contribution in [1.82, 2.24) is 14.8 Å². The summed E-state index contributed by atoms with van der Waals surface area (Å²) in [5.74, 6) is -1.38. The van der Waals surface area contributed by atoms with Gasteiger partial charge in [-0.25, -0.2) is 4.39 Å². The average molecular weight is 414 g/mol. The van der Waals surface area contributed by atoms with E-state index in [2.05, 4.69) is 15.4 Å². The zero-order valence-corrected chi connectivity index (χ0v) is 16.4. The highest BCUT2D eigenvalue weighted by Crippen LogP contribution is 2.36. The highest BCUT2D eigenvalue weighted by molar-refractivity contribution is 6.30. The maximum Gasteiger partial charge on any atom is 0.252 e. The summed E-state index contributed by atoms with van der Waals surface area (Å²) in [6.45, 7) is 3.30. The van der Waals surface area contributed by atoms with Crippen LogP contribution in [0.25, 0.3) is 11.3 Å². The zero-order chi connectivity index (χ0) is 20.7. The molecule has 3 heterocycles. The lowest BCUT2D eigenvalue weighted by atomic mass is 10.1. The minimum atomic E-state index is -0.638. The van der Waals surface area contributed by atoms with Crippen LogP contribution in [0.1, 0.15) is 18.7 Å². The predicted octanol–water partition coefficient (Wildman–Crippen LogP) is 3.59. The van der Waals surface area contributed by atoms with Crippen molar-refractivity contribution in [2.45, 2.75) is 19.9 Å². The lowest BCUT2D eigenvalue weighted by molar-refractivity contribution is -0.123. The smallest absolute Gasteiger partial charge is 0.252 e. The van der Waals surface area contributed by atoms with Gasteiger partial charge in [-0.05, 0) is 44.2 Å². The lowest BCUT2D eigenvalue weighted by Gasteiger charge is -2.24. The van der Waals surface area contributed by atoms with Crippen molar-refractivity contribution in [1.29, 1.82) is 0 Å². The number of aryl methyl sites for hydroxylation is 1. The van der Waals surface area contributed by atoms with Crippen LogP contribution in [0.15, 0.2) is 42.7 Å². The third-order valence-corrected chi connectivity index (χ3v) is 5.06. The van der Waals surface area contributed by atoms with Gasteiger partial charge in [0.1, 0.15) is 18.4 Å². The van der Waals surface area contributed by atoms with Gasteiger partial charge in [0.25, 0.3) is 5.91 Å². The SMILES string of the molecule is Cc1cc2c(cn1)-c1ccnn1[C@H](C)C(=O)N2CC(=O)Nc1ccc(Cl)c(F)c1. The first kappa shape index (κ1) is 19.1. The molecule has 7 nitrogen and oxygen atoms in total. The van der Waals surface area contributed by atoms with Gasteiger partial charge in [-0.3, -0.25) is 19.3 Å². The Kier molecular flexibility index (Phi) is 4.79. The molecular formula is C20H17ClFN5O2. The lowest BCUT2D eigenvalue weighted by Crippen LogP contribution is -2.41. The molecule has 0 fully saturated rings. The van der Waals surface area contributed by atoms with Crippen molar-refractivity contribution in [3.63, 3.8) is 0 Å². The largest absolute Gasteiger partial charge is 0.324 e. The van der Waals surface area contributed by atoms with Crippen molar-refractivity contribution in [2.24, 2.45) is 0 Å². The van der Waals surface area contributed by atoms with Gasteiger partial charge in [-0.15, -0.1) is 0 Å². The second-order valence-electron chi connectivity index (χ2n) is 6.78. The molecule has 9 heteroatoms. The normalized spacial score (nSPS) is 15.5. The zero-order valence-electron chi connectivity index (χ0n) is 15.7. The number of carbonyl (C=O) groups excluding carboxylic acids is 2. The fourth-order valence-electron chi connectivity index (χ4n) is 3.33. The Bertz CT molecular complexity index is 1130. The van der Waals surface area contributed by atoms with Crippen molar-refractivity contribution < 1.29 is 14.0 Å². The summed E-state index contributed by atoms with van der Waals surface area (Å²) in [4.78, 5) is 31.5. The Morgan fingerprint density at radius 2 is 2.10 bits per heavy atom. The van der Waals surface area contributed by atoms with Crippen LogP contribution in [0.4, 0.5) is 15.8 Å². The summed E-state index contributed by atoms with van der Waals surface area (Å²) in [5, 5.41) is 6.82. The number of nitrogens with zero attached hydrogens (tertiary/aromatic N) is 4. The molecule has 0 spiro atoms. The highest BCUT2D eigenvalue weighted by Gasteiger charge is 2.33. The molecule has 0 unspecified atom stereocenters. The van der Waals surface area contributed by atoms with E-state index in [1.54, 1.807) is 36.1 Å². The molecule has 1 N–H and O–H groups in total. The number of nitrogens with one attached hydrogen (secondary N) is 1. The van der Waals surface area contributed by atoms with E-state index in [0.29, 0.717) is 16.9 Å². The number of amides is 2. The summed E-state index contributed by atoms with van der Waals surface area (Å²) in [7, 11) is 0. The van der Waals surface area contributed by atoms with E-state index in [9.17, 15) is 14.0 Å². The molecule has 2 amide bonds. The van der Waals surface area contributed by atoms with Crippen molar-refractivity contribution in [3.8, 4) is 11.3 Å². The molecule has 1 aliphatic heterocycles. The molecule has 1 aromatic carbocycles. The average Bonchev–Trinajstić information content (AvgIpc) is 3.15. The third-order valence-electron chi connectivity index (χ3n) is 4.75. The molecule has 0 saturated heterocycles. The summed E-state index contributed by atoms with van der Waals surface area (Å²) in [6, 6.07) is 6.94. The van der Waals surface area contributed by atoms with E-state index < -0.39 is 17.8 Å². The minimum absolute atomic E-state index is 0.0363. The molecule has 3 aromatic rings. The molecule has 0 radical (unpaired) electrons. The van der Waals surface area contributed by atoms with Gasteiger partial charge >= 0.3 is 0 Å². The summed E-state index contributed by atoms with van der Waals surface area (Å²) in [6.07, 6.45) is 3.29. The number of benzene rings is 1. The van der Waals surface area contributed by atoms with Crippen molar-refractivity contribution >= 4 is 34.8 Å². The first-order valence-corrected chi connectivity index (χ1v) is 9.30. The minimum Gasteiger partial charge on any atom is -0.324 e. The Morgan fingerprint density at radius 3 is 2.86 bits per heavy atom. The number of aromatic nitrogens is 3. The second kappa shape index (κ2) is 7.29. The van der Waals surface area contributed by atoms with Crippen LogP contribution in [0.5, 0.6) is 0 Å². The number of carbonyl (C=O) groups is 2. The number of halogens is 2. The van der Waals surface area contributed by atoms with Crippen LogP contribution in [0.3, 0.4) is 0 Å². The van der Waals surface area contributed by atoms with Crippen molar-refractivity contribution in [2.75, 3.05) is 16.8 Å². The third kappa shape index (κ3) is 3.47. The number of hydrogen-bond donors (Lipinski definition) is 1. The van der Waals surface area contributed by atoms with E-state index in [0.717, 1.165) is 11.8 Å². The molecule has 0 saturated carbocycles. The molecule has 1 atom stereocenters. The number of rotatable bonds is 3. The molecule has 1 aliphatic rings. The second-order valence-corrected chi connectivity index (χ2v) is 7.19.